The molecule has 1 heterocycles. The molecule has 1 rings (SSSR count). The van der Waals surface area contributed by atoms with Crippen LogP contribution in [0.25, 0.3) is 0 Å². The maximum atomic E-state index is 3.74. The third kappa shape index (κ3) is 6.50. The van der Waals surface area contributed by atoms with Crippen molar-refractivity contribution >= 4 is 11.8 Å². The Morgan fingerprint density at radius 1 is 1.05 bits per heavy atom. The predicted octanol–water partition coefficient (Wildman–Crippen LogP) is 3.62. The molecule has 19 heavy (non-hydrogen) atoms. The maximum absolute atomic E-state index is 3.74. The average Bonchev–Trinajstić information content (AvgIpc) is 2.62. The molecule has 0 spiro atoms. The van der Waals surface area contributed by atoms with Crippen molar-refractivity contribution in [1.29, 1.82) is 0 Å². The summed E-state index contributed by atoms with van der Waals surface area (Å²) in [5.41, 5.74) is 0.673. The largest absolute Gasteiger partial charge is 0.311 e. The van der Waals surface area contributed by atoms with E-state index in [0.717, 1.165) is 6.54 Å². The van der Waals surface area contributed by atoms with Gasteiger partial charge in [0.25, 0.3) is 0 Å². The monoisotopic (exact) mass is 286 g/mol. The second-order valence-corrected chi connectivity index (χ2v) is 8.28. The van der Waals surface area contributed by atoms with Gasteiger partial charge in [-0.2, -0.15) is 11.8 Å². The van der Waals surface area contributed by atoms with Crippen molar-refractivity contribution in [2.24, 2.45) is 5.41 Å². The topological polar surface area (TPSA) is 15.3 Å². The molecule has 0 aliphatic carbocycles. The number of hydrogen-bond acceptors (Lipinski definition) is 3. The van der Waals surface area contributed by atoms with Gasteiger partial charge >= 0.3 is 0 Å². The highest BCUT2D eigenvalue weighted by molar-refractivity contribution is 7.99. The summed E-state index contributed by atoms with van der Waals surface area (Å²) in [6.07, 6.45) is 3.91. The van der Waals surface area contributed by atoms with Crippen molar-refractivity contribution < 1.29 is 0 Å². The van der Waals surface area contributed by atoms with Crippen molar-refractivity contribution in [3.63, 3.8) is 0 Å². The number of nitrogens with one attached hydrogen (secondary N) is 1. The summed E-state index contributed by atoms with van der Waals surface area (Å²) in [7, 11) is 0. The summed E-state index contributed by atoms with van der Waals surface area (Å²) in [6, 6.07) is 0. The molecule has 3 heteroatoms. The number of hydrogen-bond donors (Lipinski definition) is 1. The molecule has 0 aromatic carbocycles. The van der Waals surface area contributed by atoms with Gasteiger partial charge in [-0.25, -0.2) is 0 Å². The Morgan fingerprint density at radius 3 is 2.32 bits per heavy atom. The third-order valence-corrected chi connectivity index (χ3v) is 5.42. The lowest BCUT2D eigenvalue weighted by atomic mass is 9.81. The Labute approximate surface area is 125 Å². The maximum Gasteiger partial charge on any atom is 0.00967 e. The minimum Gasteiger partial charge on any atom is -0.311 e. The van der Waals surface area contributed by atoms with Gasteiger partial charge in [0, 0.05) is 30.9 Å². The van der Waals surface area contributed by atoms with Crippen LogP contribution in [0.3, 0.4) is 0 Å². The zero-order valence-electron chi connectivity index (χ0n) is 13.7. The second-order valence-electron chi connectivity index (χ2n) is 7.05. The zero-order chi connectivity index (χ0) is 14.4. The van der Waals surface area contributed by atoms with E-state index in [2.05, 4.69) is 56.6 Å². The summed E-state index contributed by atoms with van der Waals surface area (Å²) >= 11 is 2.12. The van der Waals surface area contributed by atoms with Gasteiger partial charge in [0.2, 0.25) is 0 Å². The number of nitrogens with zero attached hydrogens (tertiary/aromatic N) is 1. The van der Waals surface area contributed by atoms with Crippen molar-refractivity contribution in [2.45, 2.75) is 59.4 Å². The molecule has 0 aromatic heterocycles. The van der Waals surface area contributed by atoms with Gasteiger partial charge in [-0.3, -0.25) is 0 Å². The van der Waals surface area contributed by atoms with Gasteiger partial charge in [-0.1, -0.05) is 13.8 Å². The molecule has 2 nitrogen and oxygen atoms in total. The fourth-order valence-electron chi connectivity index (χ4n) is 2.66. The van der Waals surface area contributed by atoms with Crippen LogP contribution in [0.5, 0.6) is 0 Å². The summed E-state index contributed by atoms with van der Waals surface area (Å²) in [6.45, 7) is 16.5. The van der Waals surface area contributed by atoms with E-state index in [1.165, 1.54) is 50.4 Å². The molecular formula is C16H34N2S. The van der Waals surface area contributed by atoms with Crippen molar-refractivity contribution in [3.8, 4) is 0 Å². The van der Waals surface area contributed by atoms with Crippen LogP contribution >= 0.6 is 11.8 Å². The molecule has 1 aliphatic rings. The van der Waals surface area contributed by atoms with Crippen molar-refractivity contribution in [2.75, 3.05) is 37.7 Å². The molecule has 1 N–H and O–H groups in total. The number of rotatable bonds is 6. The van der Waals surface area contributed by atoms with Gasteiger partial charge in [0.1, 0.15) is 0 Å². The van der Waals surface area contributed by atoms with Crippen LogP contribution in [0.4, 0.5) is 0 Å². The Bertz CT molecular complexity index is 236. The molecular weight excluding hydrogens is 252 g/mol. The molecule has 1 saturated heterocycles. The Hall–Kier alpha value is 0.270. The zero-order valence-corrected chi connectivity index (χ0v) is 14.5. The molecule has 1 fully saturated rings. The molecule has 0 aromatic rings. The van der Waals surface area contributed by atoms with E-state index in [1.54, 1.807) is 0 Å². The smallest absolute Gasteiger partial charge is 0.00967 e. The minimum absolute atomic E-state index is 0.226. The molecule has 0 unspecified atom stereocenters. The molecule has 114 valence electrons. The second kappa shape index (κ2) is 7.90. The Balaban J connectivity index is 2.58. The number of thioether (sulfide) groups is 1. The van der Waals surface area contributed by atoms with Gasteiger partial charge in [-0.05, 0) is 57.7 Å². The van der Waals surface area contributed by atoms with Crippen molar-refractivity contribution in [1.82, 2.24) is 10.2 Å². The van der Waals surface area contributed by atoms with E-state index in [-0.39, 0.29) is 5.54 Å². The summed E-state index contributed by atoms with van der Waals surface area (Å²) < 4.78 is 0. The lowest BCUT2D eigenvalue weighted by Gasteiger charge is -2.39. The van der Waals surface area contributed by atoms with Gasteiger partial charge in [0.15, 0.2) is 0 Å². The van der Waals surface area contributed by atoms with Crippen LogP contribution in [0.1, 0.15) is 53.9 Å². The Kier molecular flexibility index (Phi) is 7.20. The first-order valence-corrected chi connectivity index (χ1v) is 9.11. The van der Waals surface area contributed by atoms with E-state index in [4.69, 9.17) is 0 Å². The van der Waals surface area contributed by atoms with E-state index in [9.17, 15) is 0 Å². The van der Waals surface area contributed by atoms with Crippen LogP contribution in [0, 0.1) is 5.41 Å². The van der Waals surface area contributed by atoms with Crippen LogP contribution < -0.4 is 5.32 Å². The highest BCUT2D eigenvalue weighted by Gasteiger charge is 2.30. The lowest BCUT2D eigenvalue weighted by molar-refractivity contribution is 0.132. The van der Waals surface area contributed by atoms with E-state index in [1.807, 2.05) is 0 Å². The van der Waals surface area contributed by atoms with Crippen LogP contribution in [-0.2, 0) is 0 Å². The molecule has 0 atom stereocenters. The third-order valence-electron chi connectivity index (χ3n) is 4.37. The molecule has 0 radical (unpaired) electrons. The van der Waals surface area contributed by atoms with Gasteiger partial charge in [-0.15, -0.1) is 0 Å². The first kappa shape index (κ1) is 17.3. The summed E-state index contributed by atoms with van der Waals surface area (Å²) in [4.78, 5) is 2.71. The van der Waals surface area contributed by atoms with E-state index < -0.39 is 0 Å². The highest BCUT2D eigenvalue weighted by atomic mass is 32.2. The predicted molar refractivity (Wildman–Crippen MR) is 89.2 cm³/mol. The fraction of sp³-hybridized carbons (Fsp3) is 1.00. The molecule has 0 saturated carbocycles. The van der Waals surface area contributed by atoms with Gasteiger partial charge in [0.05, 0.1) is 0 Å². The standard InChI is InChI=1S/C16H34N2S/c1-6-16(7-2,13-17-15(3,4)5)14-18-9-8-11-19-12-10-18/h17H,6-14H2,1-5H3. The highest BCUT2D eigenvalue weighted by Crippen LogP contribution is 2.28. The summed E-state index contributed by atoms with van der Waals surface area (Å²) in [5, 5.41) is 3.74. The minimum atomic E-state index is 0.226. The molecule has 0 bridgehead atoms. The van der Waals surface area contributed by atoms with Crippen LogP contribution in [0.15, 0.2) is 0 Å². The van der Waals surface area contributed by atoms with Crippen molar-refractivity contribution in [3.05, 3.63) is 0 Å². The van der Waals surface area contributed by atoms with Crippen LogP contribution in [-0.4, -0.2) is 48.1 Å². The Morgan fingerprint density at radius 2 is 1.74 bits per heavy atom. The van der Waals surface area contributed by atoms with E-state index in [0.29, 0.717) is 5.41 Å². The molecule has 1 aliphatic heterocycles. The quantitative estimate of drug-likeness (QED) is 0.803. The first-order chi connectivity index (χ1) is 8.91. The average molecular weight is 287 g/mol. The van der Waals surface area contributed by atoms with E-state index >= 15 is 0 Å². The lowest BCUT2D eigenvalue weighted by Crippen LogP contribution is -2.48. The van der Waals surface area contributed by atoms with Crippen LogP contribution in [0.2, 0.25) is 0 Å². The normalized spacial score (nSPS) is 19.4. The first-order valence-electron chi connectivity index (χ1n) is 7.96. The SMILES string of the molecule is CCC(CC)(CNC(C)(C)C)CN1CCCSCC1. The molecule has 0 amide bonds. The summed E-state index contributed by atoms with van der Waals surface area (Å²) in [5.74, 6) is 2.66. The fourth-order valence-corrected chi connectivity index (χ4v) is 3.59. The van der Waals surface area contributed by atoms with Gasteiger partial charge < -0.3 is 10.2 Å².